The number of rotatable bonds is 7. The normalized spacial score (nSPS) is 24.2. The molecular formula is C13H26N2. The monoisotopic (exact) mass is 210 g/mol. The first-order valence-corrected chi connectivity index (χ1v) is 6.76. The summed E-state index contributed by atoms with van der Waals surface area (Å²) in [5.74, 6) is 1.84. The summed E-state index contributed by atoms with van der Waals surface area (Å²) in [7, 11) is 0. The lowest BCUT2D eigenvalue weighted by molar-refractivity contribution is 0.159. The van der Waals surface area contributed by atoms with Crippen LogP contribution < -0.4 is 5.32 Å². The van der Waals surface area contributed by atoms with Crippen molar-refractivity contribution in [3.63, 3.8) is 0 Å². The minimum atomic E-state index is 0.892. The van der Waals surface area contributed by atoms with Gasteiger partial charge in [-0.15, -0.1) is 0 Å². The molecule has 0 radical (unpaired) electrons. The highest BCUT2D eigenvalue weighted by atomic mass is 15.2. The fraction of sp³-hybridized carbons (Fsp3) is 1.00. The van der Waals surface area contributed by atoms with E-state index in [1.54, 1.807) is 0 Å². The molecule has 88 valence electrons. The highest BCUT2D eigenvalue weighted by Crippen LogP contribution is 2.29. The first kappa shape index (κ1) is 11.4. The van der Waals surface area contributed by atoms with Crippen LogP contribution in [0.25, 0.3) is 0 Å². The largest absolute Gasteiger partial charge is 0.316 e. The molecule has 1 saturated carbocycles. The van der Waals surface area contributed by atoms with Crippen molar-refractivity contribution in [3.05, 3.63) is 0 Å². The molecule has 1 aliphatic carbocycles. The van der Waals surface area contributed by atoms with Crippen molar-refractivity contribution >= 4 is 0 Å². The van der Waals surface area contributed by atoms with Gasteiger partial charge in [-0.1, -0.05) is 20.3 Å². The van der Waals surface area contributed by atoms with Crippen molar-refractivity contribution in [2.75, 3.05) is 26.2 Å². The lowest BCUT2D eigenvalue weighted by Gasteiger charge is -2.36. The maximum Gasteiger partial charge on any atom is 0.00965 e. The number of nitrogens with zero attached hydrogens (tertiary/aromatic N) is 1. The maximum atomic E-state index is 3.38. The molecule has 1 saturated heterocycles. The average molecular weight is 210 g/mol. The Morgan fingerprint density at radius 1 is 1.33 bits per heavy atom. The molecule has 1 aliphatic heterocycles. The molecule has 1 atom stereocenters. The fourth-order valence-electron chi connectivity index (χ4n) is 2.46. The molecule has 2 nitrogen and oxygen atoms in total. The second-order valence-electron chi connectivity index (χ2n) is 5.48. The molecule has 2 rings (SSSR count). The highest BCUT2D eigenvalue weighted by Gasteiger charge is 2.32. The molecule has 2 aliphatic rings. The number of hydrogen-bond donors (Lipinski definition) is 1. The first-order chi connectivity index (χ1) is 7.31. The Kier molecular flexibility index (Phi) is 4.04. The smallest absolute Gasteiger partial charge is 0.00965 e. The first-order valence-electron chi connectivity index (χ1n) is 6.76. The Morgan fingerprint density at radius 3 is 2.53 bits per heavy atom. The second-order valence-corrected chi connectivity index (χ2v) is 5.48. The van der Waals surface area contributed by atoms with Crippen LogP contribution in [-0.4, -0.2) is 37.1 Å². The van der Waals surface area contributed by atoms with Crippen LogP contribution in [0.15, 0.2) is 0 Å². The third-order valence-corrected chi connectivity index (χ3v) is 4.00. The van der Waals surface area contributed by atoms with Gasteiger partial charge in [0.15, 0.2) is 0 Å². The maximum absolute atomic E-state index is 3.38. The van der Waals surface area contributed by atoms with Gasteiger partial charge in [0.2, 0.25) is 0 Å². The molecule has 2 fully saturated rings. The van der Waals surface area contributed by atoms with Crippen molar-refractivity contribution < 1.29 is 0 Å². The fourth-order valence-corrected chi connectivity index (χ4v) is 2.46. The van der Waals surface area contributed by atoms with Gasteiger partial charge in [-0.3, -0.25) is 0 Å². The third-order valence-electron chi connectivity index (χ3n) is 4.00. The molecule has 1 unspecified atom stereocenters. The van der Waals surface area contributed by atoms with Crippen LogP contribution in [0, 0.1) is 11.8 Å². The summed E-state index contributed by atoms with van der Waals surface area (Å²) < 4.78 is 0. The van der Waals surface area contributed by atoms with E-state index in [0.717, 1.165) is 17.9 Å². The van der Waals surface area contributed by atoms with E-state index in [1.807, 2.05) is 0 Å². The molecular weight excluding hydrogens is 184 g/mol. The Labute approximate surface area is 94.4 Å². The molecule has 15 heavy (non-hydrogen) atoms. The third kappa shape index (κ3) is 3.18. The van der Waals surface area contributed by atoms with Gasteiger partial charge in [0.05, 0.1) is 0 Å². The standard InChI is InChI=1S/C13H26N2/c1-3-4-7-15(13-5-6-13)10-11(2)12-8-14-9-12/h11-14H,3-10H2,1-2H3. The Morgan fingerprint density at radius 2 is 2.07 bits per heavy atom. The molecule has 1 heterocycles. The van der Waals surface area contributed by atoms with Crippen LogP contribution in [0.5, 0.6) is 0 Å². The summed E-state index contributed by atoms with van der Waals surface area (Å²) in [4.78, 5) is 2.76. The topological polar surface area (TPSA) is 15.3 Å². The van der Waals surface area contributed by atoms with E-state index < -0.39 is 0 Å². The summed E-state index contributed by atoms with van der Waals surface area (Å²) in [5.41, 5.74) is 0. The van der Waals surface area contributed by atoms with Crippen molar-refractivity contribution in [1.29, 1.82) is 0 Å². The summed E-state index contributed by atoms with van der Waals surface area (Å²) in [5, 5.41) is 3.38. The van der Waals surface area contributed by atoms with Gasteiger partial charge in [-0.2, -0.15) is 0 Å². The molecule has 0 aromatic heterocycles. The Balaban J connectivity index is 1.72. The van der Waals surface area contributed by atoms with Gasteiger partial charge >= 0.3 is 0 Å². The van der Waals surface area contributed by atoms with Crippen LogP contribution in [0.4, 0.5) is 0 Å². The lowest BCUT2D eigenvalue weighted by Crippen LogP contribution is -2.48. The highest BCUT2D eigenvalue weighted by molar-refractivity contribution is 4.88. The predicted molar refractivity (Wildman–Crippen MR) is 65.0 cm³/mol. The number of hydrogen-bond acceptors (Lipinski definition) is 2. The van der Waals surface area contributed by atoms with E-state index in [4.69, 9.17) is 0 Å². The van der Waals surface area contributed by atoms with Gasteiger partial charge in [0, 0.05) is 12.6 Å². The van der Waals surface area contributed by atoms with E-state index in [9.17, 15) is 0 Å². The quantitative estimate of drug-likeness (QED) is 0.692. The minimum Gasteiger partial charge on any atom is -0.316 e. The predicted octanol–water partition coefficient (Wildman–Crippen LogP) is 2.11. The summed E-state index contributed by atoms with van der Waals surface area (Å²) in [6.07, 6.45) is 5.63. The SMILES string of the molecule is CCCCN(CC(C)C1CNC1)C1CC1. The van der Waals surface area contributed by atoms with Crippen LogP contribution in [0.1, 0.15) is 39.5 Å². The van der Waals surface area contributed by atoms with Crippen LogP contribution in [-0.2, 0) is 0 Å². The molecule has 0 spiro atoms. The van der Waals surface area contributed by atoms with Crippen molar-refractivity contribution in [1.82, 2.24) is 10.2 Å². The van der Waals surface area contributed by atoms with Crippen molar-refractivity contribution in [2.24, 2.45) is 11.8 Å². The summed E-state index contributed by atoms with van der Waals surface area (Å²) in [6.45, 7) is 9.93. The number of nitrogens with one attached hydrogen (secondary N) is 1. The molecule has 0 aromatic carbocycles. The molecule has 1 N–H and O–H groups in total. The Hall–Kier alpha value is -0.0800. The van der Waals surface area contributed by atoms with E-state index in [-0.39, 0.29) is 0 Å². The molecule has 0 bridgehead atoms. The molecule has 0 amide bonds. The van der Waals surface area contributed by atoms with Gasteiger partial charge < -0.3 is 10.2 Å². The molecule has 2 heteroatoms. The van der Waals surface area contributed by atoms with E-state index >= 15 is 0 Å². The second kappa shape index (κ2) is 5.31. The zero-order valence-corrected chi connectivity index (χ0v) is 10.3. The minimum absolute atomic E-state index is 0.892. The summed E-state index contributed by atoms with van der Waals surface area (Å²) >= 11 is 0. The zero-order chi connectivity index (χ0) is 10.7. The lowest BCUT2D eigenvalue weighted by atomic mass is 9.88. The summed E-state index contributed by atoms with van der Waals surface area (Å²) in [6, 6.07) is 0.951. The van der Waals surface area contributed by atoms with Gasteiger partial charge in [-0.25, -0.2) is 0 Å². The van der Waals surface area contributed by atoms with E-state index in [1.165, 1.54) is 51.9 Å². The van der Waals surface area contributed by atoms with Crippen LogP contribution in [0.2, 0.25) is 0 Å². The van der Waals surface area contributed by atoms with Crippen LogP contribution >= 0.6 is 0 Å². The number of unbranched alkanes of at least 4 members (excludes halogenated alkanes) is 1. The van der Waals surface area contributed by atoms with Gasteiger partial charge in [-0.05, 0) is 50.7 Å². The van der Waals surface area contributed by atoms with Gasteiger partial charge in [0.1, 0.15) is 0 Å². The van der Waals surface area contributed by atoms with Crippen molar-refractivity contribution in [2.45, 2.75) is 45.6 Å². The molecule has 0 aromatic rings. The van der Waals surface area contributed by atoms with Gasteiger partial charge in [0.25, 0.3) is 0 Å². The van der Waals surface area contributed by atoms with E-state index in [2.05, 4.69) is 24.1 Å². The van der Waals surface area contributed by atoms with E-state index in [0.29, 0.717) is 0 Å². The average Bonchev–Trinajstić information content (AvgIpc) is 2.92. The van der Waals surface area contributed by atoms with Crippen molar-refractivity contribution in [3.8, 4) is 0 Å². The Bertz CT molecular complexity index is 185. The zero-order valence-electron chi connectivity index (χ0n) is 10.3. The van der Waals surface area contributed by atoms with Crippen LogP contribution in [0.3, 0.4) is 0 Å².